The second kappa shape index (κ2) is 9.03. The third kappa shape index (κ3) is 5.65. The first kappa shape index (κ1) is 18.0. The van der Waals surface area contributed by atoms with E-state index in [-0.39, 0.29) is 24.2 Å². The topological polar surface area (TPSA) is 64.4 Å². The van der Waals surface area contributed by atoms with Crippen LogP contribution < -0.4 is 11.1 Å². The van der Waals surface area contributed by atoms with Crippen molar-refractivity contribution in [1.29, 1.82) is 0 Å². The number of carbonyl (C=O) groups excluding carboxylic acids is 1. The summed E-state index contributed by atoms with van der Waals surface area (Å²) in [5.74, 6) is 0.215. The van der Waals surface area contributed by atoms with E-state index in [0.29, 0.717) is 6.54 Å². The number of nitrogens with one attached hydrogen (secondary N) is 1. The molecule has 1 aromatic carbocycles. The summed E-state index contributed by atoms with van der Waals surface area (Å²) in [4.78, 5) is 12.0. The van der Waals surface area contributed by atoms with Crippen molar-refractivity contribution in [2.75, 3.05) is 19.8 Å². The molecule has 3 N–H and O–H groups in total. The maximum atomic E-state index is 12.0. The van der Waals surface area contributed by atoms with E-state index in [0.717, 1.165) is 32.5 Å². The number of halogens is 1. The molecular formula is C16H25ClN2O2. The molecule has 0 aromatic heterocycles. The molecule has 0 spiro atoms. The molecule has 1 heterocycles. The van der Waals surface area contributed by atoms with Gasteiger partial charge >= 0.3 is 0 Å². The number of hydrogen-bond acceptors (Lipinski definition) is 3. The highest BCUT2D eigenvalue weighted by atomic mass is 35.5. The lowest BCUT2D eigenvalue weighted by atomic mass is 9.92. The van der Waals surface area contributed by atoms with Crippen molar-refractivity contribution in [3.8, 4) is 0 Å². The molecule has 118 valence electrons. The number of benzene rings is 1. The van der Waals surface area contributed by atoms with E-state index in [1.165, 1.54) is 11.1 Å². The third-order valence-corrected chi connectivity index (χ3v) is 3.87. The van der Waals surface area contributed by atoms with E-state index in [2.05, 4.69) is 30.4 Å². The Morgan fingerprint density at radius 3 is 2.81 bits per heavy atom. The van der Waals surface area contributed by atoms with Gasteiger partial charge in [-0.05, 0) is 37.7 Å². The number of aryl methyl sites for hydroxylation is 1. The zero-order valence-electron chi connectivity index (χ0n) is 12.5. The van der Waals surface area contributed by atoms with Gasteiger partial charge < -0.3 is 15.8 Å². The fourth-order valence-corrected chi connectivity index (χ4v) is 2.60. The van der Waals surface area contributed by atoms with Crippen molar-refractivity contribution in [3.63, 3.8) is 0 Å². The predicted octanol–water partition coefficient (Wildman–Crippen LogP) is 1.83. The second-order valence-corrected chi connectivity index (χ2v) is 5.51. The van der Waals surface area contributed by atoms with Crippen molar-refractivity contribution in [2.45, 2.75) is 32.2 Å². The van der Waals surface area contributed by atoms with E-state index < -0.39 is 6.04 Å². The van der Waals surface area contributed by atoms with Crippen LogP contribution >= 0.6 is 12.4 Å². The van der Waals surface area contributed by atoms with Gasteiger partial charge in [-0.3, -0.25) is 4.79 Å². The van der Waals surface area contributed by atoms with E-state index in [1.807, 2.05) is 6.07 Å². The molecule has 1 unspecified atom stereocenters. The first-order valence-corrected chi connectivity index (χ1v) is 7.33. The molecule has 1 saturated heterocycles. The van der Waals surface area contributed by atoms with Crippen molar-refractivity contribution < 1.29 is 9.53 Å². The fourth-order valence-electron chi connectivity index (χ4n) is 2.60. The summed E-state index contributed by atoms with van der Waals surface area (Å²) >= 11 is 0. The molecule has 1 aliphatic heterocycles. The van der Waals surface area contributed by atoms with Crippen LogP contribution in [0.5, 0.6) is 0 Å². The summed E-state index contributed by atoms with van der Waals surface area (Å²) in [5, 5.41) is 2.94. The van der Waals surface area contributed by atoms with Gasteiger partial charge in [0.05, 0.1) is 6.04 Å². The monoisotopic (exact) mass is 312 g/mol. The number of nitrogens with two attached hydrogens (primary N) is 1. The van der Waals surface area contributed by atoms with E-state index in [1.54, 1.807) is 0 Å². The Hall–Kier alpha value is -1.10. The Morgan fingerprint density at radius 2 is 2.14 bits per heavy atom. The van der Waals surface area contributed by atoms with Crippen molar-refractivity contribution in [3.05, 3.63) is 35.4 Å². The fraction of sp³-hybridized carbons (Fsp3) is 0.562. The number of amides is 1. The molecule has 0 radical (unpaired) electrons. The van der Waals surface area contributed by atoms with Gasteiger partial charge in [0.15, 0.2) is 0 Å². The Morgan fingerprint density at radius 1 is 1.43 bits per heavy atom. The molecule has 0 bridgehead atoms. The second-order valence-electron chi connectivity index (χ2n) is 5.51. The summed E-state index contributed by atoms with van der Waals surface area (Å²) in [6.07, 6.45) is 2.60. The number of rotatable bonds is 5. The minimum absolute atomic E-state index is 0. The van der Waals surface area contributed by atoms with Crippen LogP contribution in [0.25, 0.3) is 0 Å². The van der Waals surface area contributed by atoms with Crippen LogP contribution in [-0.2, 0) is 16.0 Å². The Bertz CT molecular complexity index is 448. The van der Waals surface area contributed by atoms with Crippen molar-refractivity contribution in [2.24, 2.45) is 11.7 Å². The predicted molar refractivity (Wildman–Crippen MR) is 86.7 cm³/mol. The lowest BCUT2D eigenvalue weighted by Gasteiger charge is -2.26. The molecule has 5 heteroatoms. The highest BCUT2D eigenvalue weighted by molar-refractivity contribution is 5.85. The van der Waals surface area contributed by atoms with Crippen LogP contribution in [0.4, 0.5) is 0 Å². The SMILES string of the molecule is Cc1cccc(CCNC(=O)C(N)C2CCOCC2)c1.Cl. The molecule has 21 heavy (non-hydrogen) atoms. The maximum Gasteiger partial charge on any atom is 0.237 e. The quantitative estimate of drug-likeness (QED) is 0.872. The largest absolute Gasteiger partial charge is 0.381 e. The summed E-state index contributed by atoms with van der Waals surface area (Å²) in [7, 11) is 0. The van der Waals surface area contributed by atoms with Gasteiger partial charge in [0.25, 0.3) is 0 Å². The smallest absolute Gasteiger partial charge is 0.237 e. The first-order valence-electron chi connectivity index (χ1n) is 7.33. The van der Waals surface area contributed by atoms with Gasteiger partial charge in [-0.1, -0.05) is 29.8 Å². The molecular weight excluding hydrogens is 288 g/mol. The number of ether oxygens (including phenoxy) is 1. The molecule has 1 amide bonds. The van der Waals surface area contributed by atoms with Gasteiger partial charge in [0.2, 0.25) is 5.91 Å². The molecule has 0 aliphatic carbocycles. The zero-order chi connectivity index (χ0) is 14.4. The van der Waals surface area contributed by atoms with Gasteiger partial charge in [0.1, 0.15) is 0 Å². The molecule has 1 atom stereocenters. The van der Waals surface area contributed by atoms with Crippen LogP contribution in [0, 0.1) is 12.8 Å². The summed E-state index contributed by atoms with van der Waals surface area (Å²) in [6, 6.07) is 7.93. The molecule has 1 aromatic rings. The summed E-state index contributed by atoms with van der Waals surface area (Å²) < 4.78 is 5.29. The van der Waals surface area contributed by atoms with Crippen molar-refractivity contribution >= 4 is 18.3 Å². The standard InChI is InChI=1S/C16H24N2O2.ClH/c1-12-3-2-4-13(11-12)5-8-18-16(19)15(17)14-6-9-20-10-7-14;/h2-4,11,14-15H,5-10,17H2,1H3,(H,18,19);1H. The summed E-state index contributed by atoms with van der Waals surface area (Å²) in [5.41, 5.74) is 8.51. The van der Waals surface area contributed by atoms with Crippen LogP contribution in [0.1, 0.15) is 24.0 Å². The molecule has 0 saturated carbocycles. The van der Waals surface area contributed by atoms with Gasteiger partial charge in [-0.2, -0.15) is 0 Å². The molecule has 4 nitrogen and oxygen atoms in total. The normalized spacial score (nSPS) is 16.9. The van der Waals surface area contributed by atoms with Crippen LogP contribution in [0.2, 0.25) is 0 Å². The van der Waals surface area contributed by atoms with E-state index >= 15 is 0 Å². The first-order chi connectivity index (χ1) is 9.66. The third-order valence-electron chi connectivity index (χ3n) is 3.87. The number of hydrogen-bond donors (Lipinski definition) is 2. The zero-order valence-corrected chi connectivity index (χ0v) is 13.3. The Balaban J connectivity index is 0.00000220. The average Bonchev–Trinajstić information content (AvgIpc) is 2.47. The average molecular weight is 313 g/mol. The lowest BCUT2D eigenvalue weighted by molar-refractivity contribution is -0.124. The summed E-state index contributed by atoms with van der Waals surface area (Å²) in [6.45, 7) is 4.15. The minimum atomic E-state index is -0.406. The molecule has 1 aliphatic rings. The highest BCUT2D eigenvalue weighted by Crippen LogP contribution is 2.17. The van der Waals surface area contributed by atoms with Gasteiger partial charge in [-0.15, -0.1) is 12.4 Å². The maximum absolute atomic E-state index is 12.0. The Labute approximate surface area is 132 Å². The van der Waals surface area contributed by atoms with Crippen molar-refractivity contribution in [1.82, 2.24) is 5.32 Å². The van der Waals surface area contributed by atoms with Crippen LogP contribution in [-0.4, -0.2) is 31.7 Å². The Kier molecular flexibility index (Phi) is 7.72. The lowest BCUT2D eigenvalue weighted by Crippen LogP contribution is -2.47. The van der Waals surface area contributed by atoms with E-state index in [4.69, 9.17) is 10.5 Å². The highest BCUT2D eigenvalue weighted by Gasteiger charge is 2.26. The van der Waals surface area contributed by atoms with E-state index in [9.17, 15) is 4.79 Å². The minimum Gasteiger partial charge on any atom is -0.381 e. The van der Waals surface area contributed by atoms with Crippen LogP contribution in [0.3, 0.4) is 0 Å². The van der Waals surface area contributed by atoms with Gasteiger partial charge in [0, 0.05) is 19.8 Å². The van der Waals surface area contributed by atoms with Gasteiger partial charge in [-0.25, -0.2) is 0 Å². The molecule has 1 fully saturated rings. The van der Waals surface area contributed by atoms with Crippen LogP contribution in [0.15, 0.2) is 24.3 Å². The number of carbonyl (C=O) groups is 1. The molecule has 2 rings (SSSR count).